The van der Waals surface area contributed by atoms with Gasteiger partial charge in [-0.3, -0.25) is 24.5 Å². The maximum Gasteiger partial charge on any atom is 0.490 e. The maximum atomic E-state index is 12.4. The van der Waals surface area contributed by atoms with Crippen LogP contribution in [0.25, 0.3) is 10.9 Å². The smallest absolute Gasteiger partial charge is 0.475 e. The monoisotopic (exact) mass is 496 g/mol. The summed E-state index contributed by atoms with van der Waals surface area (Å²) in [6.45, 7) is 8.36. The molecule has 3 saturated heterocycles. The Morgan fingerprint density at radius 1 is 1.14 bits per heavy atom. The van der Waals surface area contributed by atoms with E-state index in [-0.39, 0.29) is 11.8 Å². The number of carbonyl (C=O) groups is 3. The van der Waals surface area contributed by atoms with Crippen molar-refractivity contribution in [1.82, 2.24) is 25.3 Å². The van der Waals surface area contributed by atoms with E-state index in [9.17, 15) is 22.8 Å². The lowest BCUT2D eigenvalue weighted by Gasteiger charge is -2.44. The molecule has 0 radical (unpaired) electrons. The lowest BCUT2D eigenvalue weighted by molar-refractivity contribution is -0.192. The molecule has 190 valence electrons. The van der Waals surface area contributed by atoms with Crippen molar-refractivity contribution in [3.8, 4) is 0 Å². The van der Waals surface area contributed by atoms with Crippen LogP contribution in [0.2, 0.25) is 0 Å². The highest BCUT2D eigenvalue weighted by molar-refractivity contribution is 6.01. The lowest BCUT2D eigenvalue weighted by atomic mass is 10.1. The molecule has 0 spiro atoms. The number of alkyl halides is 3. The molecule has 3 N–H and O–H groups in total. The molecule has 13 heteroatoms. The number of fused-ring (bicyclic) bond motifs is 1. The molecule has 0 saturated carbocycles. The van der Waals surface area contributed by atoms with E-state index in [2.05, 4.69) is 26.5 Å². The van der Waals surface area contributed by atoms with Crippen LogP contribution in [0.3, 0.4) is 0 Å². The SMILES string of the molecule is Cc1nn(C2CCC(=O)NC2=O)c2cccc(N3CCN(C4CNC4)CC3)c12.O=C(O)C(F)(F)F. The summed E-state index contributed by atoms with van der Waals surface area (Å²) >= 11 is 0. The van der Waals surface area contributed by atoms with Crippen LogP contribution in [-0.4, -0.2) is 89.1 Å². The van der Waals surface area contributed by atoms with Crippen LogP contribution in [0, 0.1) is 6.92 Å². The molecule has 2 amide bonds. The highest BCUT2D eigenvalue weighted by Gasteiger charge is 2.38. The Morgan fingerprint density at radius 3 is 2.34 bits per heavy atom. The number of carboxylic acid groups (broad SMARTS) is 1. The minimum atomic E-state index is -5.08. The Balaban J connectivity index is 0.000000364. The average molecular weight is 496 g/mol. The van der Waals surface area contributed by atoms with E-state index >= 15 is 0 Å². The molecule has 1 aromatic carbocycles. The zero-order valence-electron chi connectivity index (χ0n) is 19.1. The zero-order chi connectivity index (χ0) is 25.3. The van der Waals surface area contributed by atoms with Crippen LogP contribution in [0.5, 0.6) is 0 Å². The van der Waals surface area contributed by atoms with Gasteiger partial charge in [-0.15, -0.1) is 0 Å². The van der Waals surface area contributed by atoms with Crippen LogP contribution in [0.4, 0.5) is 18.9 Å². The van der Waals surface area contributed by atoms with Gasteiger partial charge in [-0.2, -0.15) is 18.3 Å². The topological polar surface area (TPSA) is 120 Å². The Labute approximate surface area is 199 Å². The van der Waals surface area contributed by atoms with Gasteiger partial charge in [0.15, 0.2) is 0 Å². The summed E-state index contributed by atoms with van der Waals surface area (Å²) in [6.07, 6.45) is -4.23. The van der Waals surface area contributed by atoms with E-state index in [1.54, 1.807) is 0 Å². The van der Waals surface area contributed by atoms with Gasteiger partial charge in [0, 0.05) is 62.8 Å². The van der Waals surface area contributed by atoms with Crippen LogP contribution in [0.15, 0.2) is 18.2 Å². The molecule has 1 aromatic heterocycles. The molecule has 3 aliphatic heterocycles. The molecule has 35 heavy (non-hydrogen) atoms. The number of anilines is 1. The molecule has 10 nitrogen and oxygen atoms in total. The molecule has 3 fully saturated rings. The van der Waals surface area contributed by atoms with Gasteiger partial charge in [-0.1, -0.05) is 6.07 Å². The molecule has 5 rings (SSSR count). The van der Waals surface area contributed by atoms with E-state index in [1.165, 1.54) is 5.69 Å². The van der Waals surface area contributed by atoms with Crippen LogP contribution < -0.4 is 15.5 Å². The van der Waals surface area contributed by atoms with E-state index in [4.69, 9.17) is 15.0 Å². The maximum absolute atomic E-state index is 12.4. The van der Waals surface area contributed by atoms with Gasteiger partial charge in [0.1, 0.15) is 6.04 Å². The Kier molecular flexibility index (Phi) is 6.99. The normalized spacial score (nSPS) is 21.8. The number of hydrogen-bond donors (Lipinski definition) is 3. The predicted octanol–water partition coefficient (Wildman–Crippen LogP) is 1.05. The number of carboxylic acids is 1. The number of nitrogens with one attached hydrogen (secondary N) is 2. The Morgan fingerprint density at radius 2 is 1.80 bits per heavy atom. The third-order valence-electron chi connectivity index (χ3n) is 6.57. The molecule has 3 aliphatic rings. The highest BCUT2D eigenvalue weighted by Crippen LogP contribution is 2.33. The number of carbonyl (C=O) groups excluding carboxylic acids is 2. The third-order valence-corrected chi connectivity index (χ3v) is 6.57. The van der Waals surface area contributed by atoms with Gasteiger partial charge in [-0.05, 0) is 25.5 Å². The highest BCUT2D eigenvalue weighted by atomic mass is 19.4. The van der Waals surface area contributed by atoms with Crippen molar-refractivity contribution in [2.24, 2.45) is 0 Å². The van der Waals surface area contributed by atoms with Crippen molar-refractivity contribution in [3.63, 3.8) is 0 Å². The van der Waals surface area contributed by atoms with Crippen molar-refractivity contribution >= 4 is 34.4 Å². The molecule has 2 aromatic rings. The number of aliphatic carboxylic acids is 1. The number of aryl methyl sites for hydroxylation is 1. The lowest BCUT2D eigenvalue weighted by Crippen LogP contribution is -2.61. The van der Waals surface area contributed by atoms with Gasteiger partial charge in [0.05, 0.1) is 11.2 Å². The Bertz CT molecular complexity index is 1120. The quantitative estimate of drug-likeness (QED) is 0.540. The summed E-state index contributed by atoms with van der Waals surface area (Å²) in [5.74, 6) is -3.21. The molecule has 1 unspecified atom stereocenters. The fourth-order valence-electron chi connectivity index (χ4n) is 4.63. The third kappa shape index (κ3) is 5.25. The second kappa shape index (κ2) is 9.82. The fourth-order valence-corrected chi connectivity index (χ4v) is 4.63. The van der Waals surface area contributed by atoms with Gasteiger partial charge < -0.3 is 15.3 Å². The second-order valence-electron chi connectivity index (χ2n) is 8.81. The molecule has 0 bridgehead atoms. The molecule has 0 aliphatic carbocycles. The summed E-state index contributed by atoms with van der Waals surface area (Å²) in [6, 6.07) is 6.50. The second-order valence-corrected chi connectivity index (χ2v) is 8.81. The number of hydrogen-bond acceptors (Lipinski definition) is 7. The van der Waals surface area contributed by atoms with Crippen LogP contribution >= 0.6 is 0 Å². The fraction of sp³-hybridized carbons (Fsp3) is 0.545. The van der Waals surface area contributed by atoms with Crippen molar-refractivity contribution in [3.05, 3.63) is 23.9 Å². The summed E-state index contributed by atoms with van der Waals surface area (Å²) in [5.41, 5.74) is 3.09. The molecule has 4 heterocycles. The first kappa shape index (κ1) is 24.9. The number of rotatable bonds is 3. The first-order chi connectivity index (χ1) is 16.6. The summed E-state index contributed by atoms with van der Waals surface area (Å²) < 4.78 is 33.5. The van der Waals surface area contributed by atoms with Gasteiger partial charge in [-0.25, -0.2) is 4.79 Å². The molecular weight excluding hydrogens is 469 g/mol. The van der Waals surface area contributed by atoms with Crippen LogP contribution in [-0.2, 0) is 14.4 Å². The molecule has 1 atom stereocenters. The predicted molar refractivity (Wildman–Crippen MR) is 120 cm³/mol. The summed E-state index contributed by atoms with van der Waals surface area (Å²) in [5, 5.41) is 18.8. The van der Waals surface area contributed by atoms with Crippen LogP contribution in [0.1, 0.15) is 24.6 Å². The number of imide groups is 1. The average Bonchev–Trinajstić information content (AvgIpc) is 3.09. The van der Waals surface area contributed by atoms with Crippen molar-refractivity contribution in [2.75, 3.05) is 44.2 Å². The first-order valence-electron chi connectivity index (χ1n) is 11.4. The van der Waals surface area contributed by atoms with E-state index in [0.29, 0.717) is 18.9 Å². The number of amides is 2. The van der Waals surface area contributed by atoms with Crippen molar-refractivity contribution in [2.45, 2.75) is 38.0 Å². The number of aromatic nitrogens is 2. The summed E-state index contributed by atoms with van der Waals surface area (Å²) in [7, 11) is 0. The number of halogens is 3. The van der Waals surface area contributed by atoms with Crippen molar-refractivity contribution in [1.29, 1.82) is 0 Å². The number of piperidine rings is 1. The minimum Gasteiger partial charge on any atom is -0.475 e. The molecular formula is C22H27F3N6O4. The van der Waals surface area contributed by atoms with Gasteiger partial charge in [0.25, 0.3) is 5.91 Å². The largest absolute Gasteiger partial charge is 0.490 e. The van der Waals surface area contributed by atoms with Crippen molar-refractivity contribution < 1.29 is 32.7 Å². The minimum absolute atomic E-state index is 0.199. The number of piperazine rings is 1. The van der Waals surface area contributed by atoms with E-state index in [1.807, 2.05) is 23.7 Å². The standard InChI is InChI=1S/C20H26N6O2.C2HF3O2/c1-13-19-15(25-9-7-24(8-10-25)14-11-21-12-14)3-2-4-16(19)26(23-13)17-5-6-18(27)22-20(17)28;3-2(4,5)1(6)7/h2-4,14,17,21H,5-12H2,1H3,(H,22,27,28);(H,6,7). The first-order valence-corrected chi connectivity index (χ1v) is 11.4. The number of benzene rings is 1. The van der Waals surface area contributed by atoms with Gasteiger partial charge in [0.2, 0.25) is 5.91 Å². The zero-order valence-corrected chi connectivity index (χ0v) is 19.1. The summed E-state index contributed by atoms with van der Waals surface area (Å²) in [4.78, 5) is 37.8. The van der Waals surface area contributed by atoms with Gasteiger partial charge >= 0.3 is 12.1 Å². The Hall–Kier alpha value is -3.19. The number of nitrogens with zero attached hydrogens (tertiary/aromatic N) is 4. The van der Waals surface area contributed by atoms with E-state index in [0.717, 1.165) is 55.9 Å². The van der Waals surface area contributed by atoms with E-state index < -0.39 is 18.2 Å².